The summed E-state index contributed by atoms with van der Waals surface area (Å²) in [4.78, 5) is 0. The standard InChI is InChI=1S/C10H15O.2ClH.Ti/c1-10(2,3)11-8-9-6-4-5-7-9;;;/h4,6H,5,8H2,1-3H3;2*1H;. The van der Waals surface area contributed by atoms with E-state index in [4.69, 9.17) is 4.74 Å². The summed E-state index contributed by atoms with van der Waals surface area (Å²) in [6.07, 6.45) is 5.46. The molecule has 0 aromatic carbocycles. The van der Waals surface area contributed by atoms with Crippen LogP contribution in [0, 0.1) is 0 Å². The van der Waals surface area contributed by atoms with Gasteiger partial charge in [-0.2, -0.15) is 0 Å². The van der Waals surface area contributed by atoms with Crippen molar-refractivity contribution in [2.24, 2.45) is 0 Å². The van der Waals surface area contributed by atoms with Gasteiger partial charge in [0.1, 0.15) is 0 Å². The summed E-state index contributed by atoms with van der Waals surface area (Å²) in [5.74, 6) is 0. The molecule has 0 saturated carbocycles. The molecule has 1 aliphatic rings. The number of halogens is 2. The molecular formula is C10H17Cl2OTi. The van der Waals surface area contributed by atoms with E-state index in [1.807, 2.05) is 0 Å². The second-order valence-corrected chi connectivity index (χ2v) is 4.95. The van der Waals surface area contributed by atoms with Gasteiger partial charge >= 0.3 is 86.2 Å². The molecule has 1 nitrogen and oxygen atoms in total. The number of rotatable bonds is 2. The third-order valence-electron chi connectivity index (χ3n) is 1.69. The van der Waals surface area contributed by atoms with Gasteiger partial charge in [-0.25, -0.2) is 0 Å². The van der Waals surface area contributed by atoms with Crippen molar-refractivity contribution in [3.05, 3.63) is 21.6 Å². The van der Waals surface area contributed by atoms with E-state index in [-0.39, 0.29) is 30.4 Å². The first-order chi connectivity index (χ1) is 5.49. The predicted octanol–water partition coefficient (Wildman–Crippen LogP) is 3.41. The van der Waals surface area contributed by atoms with Crippen molar-refractivity contribution < 1.29 is 25.2 Å². The van der Waals surface area contributed by atoms with Gasteiger partial charge in [0.25, 0.3) is 0 Å². The molecule has 0 heterocycles. The van der Waals surface area contributed by atoms with E-state index in [2.05, 4.69) is 53.4 Å². The van der Waals surface area contributed by atoms with Gasteiger partial charge in [-0.3, -0.25) is 0 Å². The first-order valence-electron chi connectivity index (χ1n) is 4.23. The number of hydrogen-bond donors (Lipinski definition) is 0. The third-order valence-corrected chi connectivity index (χ3v) is 2.51. The van der Waals surface area contributed by atoms with E-state index in [0.717, 1.165) is 13.0 Å². The topological polar surface area (TPSA) is 9.23 Å². The van der Waals surface area contributed by atoms with Crippen molar-refractivity contribution in [1.29, 1.82) is 0 Å². The van der Waals surface area contributed by atoms with Gasteiger partial charge in [-0.15, -0.1) is 24.8 Å². The SMILES string of the molecule is CC(C)(C)OCC1=[C]([Ti])CC=C1.Cl.Cl. The largest absolute Gasteiger partial charge is 0.147 e. The first-order valence-corrected chi connectivity index (χ1v) is 5.01. The second-order valence-electron chi connectivity index (χ2n) is 4.01. The van der Waals surface area contributed by atoms with Crippen LogP contribution in [0.5, 0.6) is 0 Å². The molecule has 0 aromatic rings. The van der Waals surface area contributed by atoms with E-state index in [1.165, 1.54) is 9.45 Å². The monoisotopic (exact) mass is 271 g/mol. The van der Waals surface area contributed by atoms with Crippen molar-refractivity contribution >= 4 is 24.8 Å². The van der Waals surface area contributed by atoms with Crippen molar-refractivity contribution in [2.45, 2.75) is 32.8 Å². The molecule has 0 aromatic heterocycles. The molecule has 1 rings (SSSR count). The van der Waals surface area contributed by atoms with Crippen LogP contribution in [-0.2, 0) is 25.2 Å². The average molecular weight is 272 g/mol. The van der Waals surface area contributed by atoms with E-state index < -0.39 is 0 Å². The van der Waals surface area contributed by atoms with Crippen LogP contribution in [0.2, 0.25) is 0 Å². The Kier molecular flexibility index (Phi) is 8.67. The molecular weight excluding hydrogens is 255 g/mol. The van der Waals surface area contributed by atoms with Crippen molar-refractivity contribution in [2.75, 3.05) is 6.61 Å². The quantitative estimate of drug-likeness (QED) is 0.700. The minimum atomic E-state index is -0.0241. The Balaban J connectivity index is 0. The minimum absolute atomic E-state index is 0. The summed E-state index contributed by atoms with van der Waals surface area (Å²) in [6, 6.07) is 0. The molecule has 81 valence electrons. The number of ether oxygens (including phenoxy) is 1. The molecule has 0 bridgehead atoms. The molecule has 14 heavy (non-hydrogen) atoms. The summed E-state index contributed by atoms with van der Waals surface area (Å²) in [5.41, 5.74) is 1.33. The van der Waals surface area contributed by atoms with E-state index in [9.17, 15) is 0 Å². The van der Waals surface area contributed by atoms with Crippen molar-refractivity contribution in [1.82, 2.24) is 0 Å². The van der Waals surface area contributed by atoms with Crippen LogP contribution in [0.25, 0.3) is 0 Å². The maximum Gasteiger partial charge on any atom is -0.147 e. The van der Waals surface area contributed by atoms with Crippen LogP contribution >= 0.6 is 24.8 Å². The Morgan fingerprint density at radius 3 is 2.29 bits per heavy atom. The molecule has 0 unspecified atom stereocenters. The van der Waals surface area contributed by atoms with Crippen LogP contribution in [-0.4, -0.2) is 12.2 Å². The Morgan fingerprint density at radius 1 is 1.36 bits per heavy atom. The fourth-order valence-corrected chi connectivity index (χ4v) is 1.41. The van der Waals surface area contributed by atoms with Crippen LogP contribution in [0.3, 0.4) is 0 Å². The fourth-order valence-electron chi connectivity index (χ4n) is 0.980. The van der Waals surface area contributed by atoms with Gasteiger partial charge in [0, 0.05) is 0 Å². The Hall–Kier alpha value is 0.734. The van der Waals surface area contributed by atoms with Crippen LogP contribution in [0.1, 0.15) is 27.2 Å². The zero-order chi connectivity index (χ0) is 9.19. The van der Waals surface area contributed by atoms with Crippen LogP contribution in [0.4, 0.5) is 0 Å². The summed E-state index contributed by atoms with van der Waals surface area (Å²) >= 11 is 2.17. The third kappa shape index (κ3) is 6.26. The molecule has 0 spiro atoms. The molecule has 4 heteroatoms. The van der Waals surface area contributed by atoms with E-state index >= 15 is 0 Å². The Bertz CT molecular complexity index is 229. The van der Waals surface area contributed by atoms with Gasteiger partial charge in [0.2, 0.25) is 0 Å². The number of hydrogen-bond acceptors (Lipinski definition) is 1. The van der Waals surface area contributed by atoms with Crippen molar-refractivity contribution in [3.63, 3.8) is 0 Å². The Morgan fingerprint density at radius 2 is 1.93 bits per heavy atom. The first kappa shape index (κ1) is 17.1. The van der Waals surface area contributed by atoms with Crippen LogP contribution < -0.4 is 0 Å². The van der Waals surface area contributed by atoms with Crippen LogP contribution in [0.15, 0.2) is 21.6 Å². The summed E-state index contributed by atoms with van der Waals surface area (Å²) < 4.78 is 7.12. The zero-order valence-electron chi connectivity index (χ0n) is 8.79. The number of allylic oxidation sites excluding steroid dienone is 2. The van der Waals surface area contributed by atoms with E-state index in [0.29, 0.717) is 0 Å². The molecule has 0 N–H and O–H groups in total. The van der Waals surface area contributed by atoms with Gasteiger partial charge in [0.05, 0.1) is 0 Å². The predicted molar refractivity (Wildman–Crippen MR) is 61.0 cm³/mol. The van der Waals surface area contributed by atoms with Gasteiger partial charge in [0.15, 0.2) is 0 Å². The fraction of sp³-hybridized carbons (Fsp3) is 0.600. The maximum atomic E-state index is 5.67. The molecule has 0 aliphatic heterocycles. The van der Waals surface area contributed by atoms with E-state index in [1.54, 1.807) is 0 Å². The molecule has 0 atom stereocenters. The molecule has 0 radical (unpaired) electrons. The minimum Gasteiger partial charge on any atom is -0.147 e. The van der Waals surface area contributed by atoms with Crippen molar-refractivity contribution in [3.8, 4) is 0 Å². The molecule has 1 aliphatic carbocycles. The smallest absolute Gasteiger partial charge is 0.147 e. The van der Waals surface area contributed by atoms with Gasteiger partial charge in [-0.1, -0.05) is 0 Å². The maximum absolute atomic E-state index is 5.67. The average Bonchev–Trinajstić information content (AvgIpc) is 2.29. The summed E-state index contributed by atoms with van der Waals surface area (Å²) in [7, 11) is 0. The molecule has 0 fully saturated rings. The molecule has 0 saturated heterocycles. The summed E-state index contributed by atoms with van der Waals surface area (Å²) in [6.45, 7) is 7.01. The van der Waals surface area contributed by atoms with Gasteiger partial charge in [-0.05, 0) is 0 Å². The second kappa shape index (κ2) is 7.08. The molecule has 0 amide bonds. The Labute approximate surface area is 111 Å². The zero-order valence-corrected chi connectivity index (χ0v) is 12.0. The normalized spacial score (nSPS) is 15.0. The summed E-state index contributed by atoms with van der Waals surface area (Å²) in [5, 5.41) is 0. The van der Waals surface area contributed by atoms with Gasteiger partial charge < -0.3 is 0 Å².